The third-order valence-corrected chi connectivity index (χ3v) is 5.31. The maximum absolute atomic E-state index is 13.2. The first-order valence-corrected chi connectivity index (χ1v) is 10.4. The zero-order valence-corrected chi connectivity index (χ0v) is 18.3. The first-order valence-electron chi connectivity index (χ1n) is 9.99. The molecule has 0 aromatic heterocycles. The van der Waals surface area contributed by atoms with Crippen molar-refractivity contribution in [2.24, 2.45) is 11.0 Å². The summed E-state index contributed by atoms with van der Waals surface area (Å²) in [5, 5.41) is 8.09. The van der Waals surface area contributed by atoms with E-state index in [1.54, 1.807) is 55.5 Å². The second-order valence-corrected chi connectivity index (χ2v) is 7.50. The van der Waals surface area contributed by atoms with Crippen LogP contribution in [0.3, 0.4) is 0 Å². The Balaban J connectivity index is 1.63. The summed E-state index contributed by atoms with van der Waals surface area (Å²) in [5.41, 5.74) is 1.39. The van der Waals surface area contributed by atoms with Crippen LogP contribution in [0.1, 0.15) is 13.8 Å². The number of hydrazone groups is 1. The molecule has 0 spiro atoms. The fraction of sp³-hybridized carbons (Fsp3) is 0.174. The average molecular weight is 449 g/mol. The molecule has 0 saturated carbocycles. The number of ether oxygens (including phenoxy) is 1. The fourth-order valence-corrected chi connectivity index (χ4v) is 3.74. The maximum atomic E-state index is 13.2. The zero-order valence-electron chi connectivity index (χ0n) is 17.4. The number of carbonyl (C=O) groups is 3. The number of benzene rings is 2. The quantitative estimate of drug-likeness (QED) is 0.432. The number of rotatable bonds is 5. The van der Waals surface area contributed by atoms with Crippen LogP contribution in [0.15, 0.2) is 71.3 Å². The minimum Gasteiger partial charge on any atom is -0.494 e. The Hall–Kier alpha value is -3.85. The highest BCUT2D eigenvalue weighted by atomic mass is 32.1. The summed E-state index contributed by atoms with van der Waals surface area (Å²) >= 11 is 5.23. The van der Waals surface area contributed by atoms with E-state index in [4.69, 9.17) is 17.0 Å². The van der Waals surface area contributed by atoms with Crippen molar-refractivity contribution in [2.45, 2.75) is 13.8 Å². The minimum absolute atomic E-state index is 0.0321. The number of para-hydroxylation sites is 1. The van der Waals surface area contributed by atoms with E-state index in [2.05, 4.69) is 10.4 Å². The summed E-state index contributed by atoms with van der Waals surface area (Å²) in [5.74, 6) is -1.80. The van der Waals surface area contributed by atoms with Crippen molar-refractivity contribution in [2.75, 3.05) is 16.5 Å². The molecule has 9 heteroatoms. The molecule has 2 aliphatic heterocycles. The van der Waals surface area contributed by atoms with Crippen molar-refractivity contribution in [3.05, 3.63) is 66.2 Å². The predicted octanol–water partition coefficient (Wildman–Crippen LogP) is 2.80. The van der Waals surface area contributed by atoms with E-state index in [9.17, 15) is 14.4 Å². The van der Waals surface area contributed by atoms with Gasteiger partial charge in [-0.05, 0) is 68.5 Å². The van der Waals surface area contributed by atoms with Gasteiger partial charge >= 0.3 is 0 Å². The standard InChI is InChI=1S/C23H20N4O4S/c1-3-31-17-11-9-15(10-12-17)26-21(29)19(20(28)24-23(26)32)13-18-14(2)25-27(22(18)30)16-7-5-4-6-8-16/h4-13,18H,3H2,1-2H3,(H,24,28,32)/b19-13+/t18-/m0/s1. The van der Waals surface area contributed by atoms with Crippen LogP contribution in [0.4, 0.5) is 11.4 Å². The molecule has 2 heterocycles. The summed E-state index contributed by atoms with van der Waals surface area (Å²) in [4.78, 5) is 40.0. The summed E-state index contributed by atoms with van der Waals surface area (Å²) < 4.78 is 5.43. The number of carbonyl (C=O) groups excluding carboxylic acids is 3. The van der Waals surface area contributed by atoms with Gasteiger partial charge in [0.05, 0.1) is 29.6 Å². The lowest BCUT2D eigenvalue weighted by Gasteiger charge is -2.29. The van der Waals surface area contributed by atoms with Crippen LogP contribution >= 0.6 is 12.2 Å². The van der Waals surface area contributed by atoms with Crippen LogP contribution < -0.4 is 20.0 Å². The van der Waals surface area contributed by atoms with E-state index in [0.29, 0.717) is 29.4 Å². The van der Waals surface area contributed by atoms with E-state index in [-0.39, 0.29) is 16.6 Å². The molecule has 1 fully saturated rings. The molecule has 0 unspecified atom stereocenters. The molecule has 0 radical (unpaired) electrons. The van der Waals surface area contributed by atoms with Gasteiger partial charge in [0.15, 0.2) is 5.11 Å². The van der Waals surface area contributed by atoms with Crippen molar-refractivity contribution in [1.82, 2.24) is 5.32 Å². The second kappa shape index (κ2) is 8.72. The number of hydrogen-bond acceptors (Lipinski definition) is 6. The van der Waals surface area contributed by atoms with E-state index in [1.165, 1.54) is 16.0 Å². The lowest BCUT2D eigenvalue weighted by Crippen LogP contribution is -2.54. The van der Waals surface area contributed by atoms with Gasteiger partial charge < -0.3 is 4.74 Å². The lowest BCUT2D eigenvalue weighted by molar-refractivity contribution is -0.122. The summed E-state index contributed by atoms with van der Waals surface area (Å²) in [7, 11) is 0. The Morgan fingerprint density at radius 3 is 2.41 bits per heavy atom. The van der Waals surface area contributed by atoms with Crippen LogP contribution in [0.25, 0.3) is 0 Å². The number of hydrogen-bond donors (Lipinski definition) is 1. The molecule has 1 atom stereocenters. The molecule has 3 amide bonds. The van der Waals surface area contributed by atoms with Crippen molar-refractivity contribution in [1.29, 1.82) is 0 Å². The van der Waals surface area contributed by atoms with Gasteiger partial charge in [0, 0.05) is 0 Å². The molecule has 4 rings (SSSR count). The zero-order chi connectivity index (χ0) is 22.8. The third-order valence-electron chi connectivity index (χ3n) is 5.02. The van der Waals surface area contributed by atoms with Crippen molar-refractivity contribution in [3.63, 3.8) is 0 Å². The second-order valence-electron chi connectivity index (χ2n) is 7.11. The maximum Gasteiger partial charge on any atom is 0.269 e. The monoisotopic (exact) mass is 448 g/mol. The van der Waals surface area contributed by atoms with Gasteiger partial charge in [-0.15, -0.1) is 0 Å². The smallest absolute Gasteiger partial charge is 0.269 e. The summed E-state index contributed by atoms with van der Waals surface area (Å²) in [6.45, 7) is 4.07. The van der Waals surface area contributed by atoms with Crippen LogP contribution in [-0.2, 0) is 14.4 Å². The van der Waals surface area contributed by atoms with Gasteiger partial charge in [0.2, 0.25) is 0 Å². The Morgan fingerprint density at radius 2 is 1.75 bits per heavy atom. The van der Waals surface area contributed by atoms with E-state index in [0.717, 1.165) is 0 Å². The molecule has 8 nitrogen and oxygen atoms in total. The van der Waals surface area contributed by atoms with Crippen molar-refractivity contribution < 1.29 is 19.1 Å². The summed E-state index contributed by atoms with van der Waals surface area (Å²) in [6.07, 6.45) is 1.35. The van der Waals surface area contributed by atoms with E-state index >= 15 is 0 Å². The topological polar surface area (TPSA) is 91.3 Å². The Morgan fingerprint density at radius 1 is 1.06 bits per heavy atom. The molecule has 1 N–H and O–H groups in total. The highest BCUT2D eigenvalue weighted by molar-refractivity contribution is 7.80. The van der Waals surface area contributed by atoms with E-state index in [1.807, 2.05) is 13.0 Å². The molecule has 0 bridgehead atoms. The molecular formula is C23H20N4O4S. The SMILES string of the molecule is CCOc1ccc(N2C(=O)/C(=C/[C@@H]3C(=O)N(c4ccccc4)N=C3C)C(=O)NC2=S)cc1. The van der Waals surface area contributed by atoms with Gasteiger partial charge in [0.1, 0.15) is 11.3 Å². The molecular weight excluding hydrogens is 428 g/mol. The molecule has 2 aromatic rings. The highest BCUT2D eigenvalue weighted by Crippen LogP contribution is 2.28. The molecule has 162 valence electrons. The first-order chi connectivity index (χ1) is 15.4. The number of nitrogens with zero attached hydrogens (tertiary/aromatic N) is 3. The van der Waals surface area contributed by atoms with Crippen LogP contribution in [0.2, 0.25) is 0 Å². The molecule has 1 saturated heterocycles. The van der Waals surface area contributed by atoms with E-state index < -0.39 is 17.7 Å². The molecule has 2 aliphatic rings. The molecule has 2 aromatic carbocycles. The van der Waals surface area contributed by atoms with Gasteiger partial charge in [0.25, 0.3) is 17.7 Å². The fourth-order valence-electron chi connectivity index (χ4n) is 3.46. The van der Waals surface area contributed by atoms with Gasteiger partial charge in [-0.3, -0.25) is 24.6 Å². The molecule has 0 aliphatic carbocycles. The predicted molar refractivity (Wildman–Crippen MR) is 124 cm³/mol. The van der Waals surface area contributed by atoms with Gasteiger partial charge in [-0.25, -0.2) is 0 Å². The van der Waals surface area contributed by atoms with Crippen LogP contribution in [0.5, 0.6) is 5.75 Å². The number of thiocarbonyl (C=S) groups is 1. The molecule has 32 heavy (non-hydrogen) atoms. The minimum atomic E-state index is -0.839. The number of amides is 3. The third kappa shape index (κ3) is 3.90. The average Bonchev–Trinajstić information content (AvgIpc) is 3.06. The van der Waals surface area contributed by atoms with Crippen molar-refractivity contribution in [3.8, 4) is 5.75 Å². The highest BCUT2D eigenvalue weighted by Gasteiger charge is 2.39. The number of anilines is 2. The summed E-state index contributed by atoms with van der Waals surface area (Å²) in [6, 6.07) is 15.7. The number of nitrogens with one attached hydrogen (secondary N) is 1. The van der Waals surface area contributed by atoms with Gasteiger partial charge in [-0.1, -0.05) is 18.2 Å². The van der Waals surface area contributed by atoms with Crippen LogP contribution in [0, 0.1) is 5.92 Å². The Kier molecular flexibility index (Phi) is 5.83. The normalized spacial score (nSPS) is 20.0. The first kappa shape index (κ1) is 21.4. The van der Waals surface area contributed by atoms with Crippen molar-refractivity contribution >= 4 is 52.1 Å². The Labute approximate surface area is 190 Å². The Bertz CT molecular complexity index is 1160. The van der Waals surface area contributed by atoms with Crippen LogP contribution in [-0.4, -0.2) is 35.2 Å². The largest absolute Gasteiger partial charge is 0.494 e. The lowest BCUT2D eigenvalue weighted by atomic mass is 9.98. The van der Waals surface area contributed by atoms with Gasteiger partial charge in [-0.2, -0.15) is 10.1 Å².